The Morgan fingerprint density at radius 3 is 2.42 bits per heavy atom. The van der Waals surface area contributed by atoms with E-state index in [1.165, 1.54) is 0 Å². The number of ether oxygens (including phenoxy) is 1. The van der Waals surface area contributed by atoms with Crippen LogP contribution in [-0.4, -0.2) is 29.8 Å². The number of rotatable bonds is 7. The zero-order valence-electron chi connectivity index (χ0n) is 16.9. The van der Waals surface area contributed by atoms with E-state index in [2.05, 4.69) is 20.9 Å². The van der Waals surface area contributed by atoms with Gasteiger partial charge in [-0.25, -0.2) is 0 Å². The molecule has 0 saturated carbocycles. The van der Waals surface area contributed by atoms with Gasteiger partial charge < -0.3 is 20.7 Å². The van der Waals surface area contributed by atoms with Gasteiger partial charge in [0, 0.05) is 25.5 Å². The molecule has 0 bridgehead atoms. The number of methoxy groups -OCH3 is 1. The van der Waals surface area contributed by atoms with Crippen molar-refractivity contribution in [2.45, 2.75) is 13.1 Å². The molecule has 0 radical (unpaired) electrons. The van der Waals surface area contributed by atoms with Crippen LogP contribution in [0.5, 0.6) is 5.75 Å². The summed E-state index contributed by atoms with van der Waals surface area (Å²) in [5.74, 6) is -1.36. The Morgan fingerprint density at radius 2 is 1.65 bits per heavy atom. The fraction of sp³-hybridized carbons (Fsp3) is 0.130. The summed E-state index contributed by atoms with van der Waals surface area (Å²) < 4.78 is 5.18. The number of para-hydroxylation sites is 1. The minimum atomic E-state index is -0.864. The van der Waals surface area contributed by atoms with E-state index in [0.29, 0.717) is 5.75 Å². The van der Waals surface area contributed by atoms with E-state index >= 15 is 0 Å². The van der Waals surface area contributed by atoms with Crippen LogP contribution in [0.25, 0.3) is 0 Å². The average molecular weight is 418 g/mol. The number of hydrogen-bond donors (Lipinski definition) is 3. The van der Waals surface area contributed by atoms with Crippen molar-refractivity contribution in [3.05, 3.63) is 89.7 Å². The Balaban J connectivity index is 1.60. The van der Waals surface area contributed by atoms with E-state index in [9.17, 15) is 14.4 Å². The van der Waals surface area contributed by atoms with Crippen LogP contribution in [0.15, 0.2) is 73.1 Å². The maximum Gasteiger partial charge on any atom is 0.313 e. The summed E-state index contributed by atoms with van der Waals surface area (Å²) in [5.41, 5.74) is 2.12. The Hall–Kier alpha value is -4.20. The molecule has 8 heteroatoms. The van der Waals surface area contributed by atoms with E-state index in [1.54, 1.807) is 55.9 Å². The largest absolute Gasteiger partial charge is 0.497 e. The number of anilines is 1. The van der Waals surface area contributed by atoms with Gasteiger partial charge in [0.2, 0.25) is 0 Å². The van der Waals surface area contributed by atoms with Crippen molar-refractivity contribution in [1.29, 1.82) is 0 Å². The average Bonchev–Trinajstić information content (AvgIpc) is 2.82. The summed E-state index contributed by atoms with van der Waals surface area (Å²) >= 11 is 0. The lowest BCUT2D eigenvalue weighted by atomic mass is 10.1. The molecule has 3 aromatic rings. The first kappa shape index (κ1) is 21.5. The molecule has 2 aromatic carbocycles. The van der Waals surface area contributed by atoms with Gasteiger partial charge in [0.15, 0.2) is 0 Å². The standard InChI is InChI=1S/C23H22N4O4/c1-31-18-8-4-6-16(12-18)14-25-21(28)19-9-2-3-10-20(19)27-23(30)22(29)26-15-17-7-5-11-24-13-17/h2-13H,14-15H2,1H3,(H,25,28)(H,26,29)(H,27,30). The third kappa shape index (κ3) is 6.14. The molecular formula is C23H22N4O4. The Morgan fingerprint density at radius 1 is 0.871 bits per heavy atom. The van der Waals surface area contributed by atoms with Crippen LogP contribution < -0.4 is 20.7 Å². The highest BCUT2D eigenvalue weighted by Crippen LogP contribution is 2.16. The smallest absolute Gasteiger partial charge is 0.313 e. The molecule has 0 unspecified atom stereocenters. The minimum absolute atomic E-state index is 0.169. The fourth-order valence-electron chi connectivity index (χ4n) is 2.79. The van der Waals surface area contributed by atoms with Crippen molar-refractivity contribution in [3.8, 4) is 5.75 Å². The normalized spacial score (nSPS) is 10.1. The highest BCUT2D eigenvalue weighted by molar-refractivity contribution is 6.40. The number of carbonyl (C=O) groups excluding carboxylic acids is 3. The Bertz CT molecular complexity index is 1070. The van der Waals surface area contributed by atoms with E-state index in [4.69, 9.17) is 4.74 Å². The highest BCUT2D eigenvalue weighted by Gasteiger charge is 2.17. The number of hydrogen-bond acceptors (Lipinski definition) is 5. The van der Waals surface area contributed by atoms with Crippen LogP contribution >= 0.6 is 0 Å². The first-order chi connectivity index (χ1) is 15.1. The number of amides is 3. The molecule has 0 saturated heterocycles. The maximum absolute atomic E-state index is 12.7. The Kier molecular flexibility index (Phi) is 7.31. The molecule has 158 valence electrons. The van der Waals surface area contributed by atoms with E-state index in [1.807, 2.05) is 24.3 Å². The van der Waals surface area contributed by atoms with Gasteiger partial charge in [0.25, 0.3) is 5.91 Å². The molecule has 0 spiro atoms. The molecule has 3 rings (SSSR count). The van der Waals surface area contributed by atoms with Crippen molar-refractivity contribution in [3.63, 3.8) is 0 Å². The SMILES string of the molecule is COc1cccc(CNC(=O)c2ccccc2NC(=O)C(=O)NCc2cccnc2)c1. The van der Waals surface area contributed by atoms with Gasteiger partial charge in [-0.15, -0.1) is 0 Å². The first-order valence-electron chi connectivity index (χ1n) is 9.55. The fourth-order valence-corrected chi connectivity index (χ4v) is 2.79. The van der Waals surface area contributed by atoms with Crippen LogP contribution in [0.1, 0.15) is 21.5 Å². The molecule has 0 atom stereocenters. The van der Waals surface area contributed by atoms with Crippen LogP contribution in [0.3, 0.4) is 0 Å². The molecule has 3 amide bonds. The second kappa shape index (κ2) is 10.5. The van der Waals surface area contributed by atoms with Crippen molar-refractivity contribution >= 4 is 23.4 Å². The third-order valence-electron chi connectivity index (χ3n) is 4.39. The molecule has 0 aliphatic carbocycles. The van der Waals surface area contributed by atoms with Crippen molar-refractivity contribution in [2.75, 3.05) is 12.4 Å². The van der Waals surface area contributed by atoms with Crippen molar-refractivity contribution in [1.82, 2.24) is 15.6 Å². The Labute approximate surface area is 179 Å². The topological polar surface area (TPSA) is 109 Å². The quantitative estimate of drug-likeness (QED) is 0.510. The second-order valence-corrected chi connectivity index (χ2v) is 6.58. The summed E-state index contributed by atoms with van der Waals surface area (Å²) in [7, 11) is 1.57. The van der Waals surface area contributed by atoms with Gasteiger partial charge in [0.05, 0.1) is 18.4 Å². The predicted molar refractivity (Wildman–Crippen MR) is 115 cm³/mol. The third-order valence-corrected chi connectivity index (χ3v) is 4.39. The lowest BCUT2D eigenvalue weighted by molar-refractivity contribution is -0.136. The lowest BCUT2D eigenvalue weighted by Gasteiger charge is -2.12. The summed E-state index contributed by atoms with van der Waals surface area (Å²) in [6.45, 7) is 0.451. The van der Waals surface area contributed by atoms with Crippen LogP contribution in [0.2, 0.25) is 0 Å². The summed E-state index contributed by atoms with van der Waals surface area (Å²) in [5, 5.41) is 7.82. The van der Waals surface area contributed by atoms with E-state index in [0.717, 1.165) is 11.1 Å². The number of aromatic nitrogens is 1. The molecule has 0 aliphatic rings. The van der Waals surface area contributed by atoms with Crippen molar-refractivity contribution < 1.29 is 19.1 Å². The maximum atomic E-state index is 12.7. The number of carbonyl (C=O) groups is 3. The van der Waals surface area contributed by atoms with Gasteiger partial charge in [-0.05, 0) is 41.5 Å². The van der Waals surface area contributed by atoms with E-state index in [-0.39, 0.29) is 30.2 Å². The molecule has 31 heavy (non-hydrogen) atoms. The van der Waals surface area contributed by atoms with Gasteiger partial charge in [0.1, 0.15) is 5.75 Å². The summed E-state index contributed by atoms with van der Waals surface area (Å²) in [6, 6.07) is 17.3. The molecule has 1 heterocycles. The summed E-state index contributed by atoms with van der Waals surface area (Å²) in [6.07, 6.45) is 3.22. The van der Waals surface area contributed by atoms with Crippen LogP contribution in [0, 0.1) is 0 Å². The molecule has 8 nitrogen and oxygen atoms in total. The second-order valence-electron chi connectivity index (χ2n) is 6.58. The van der Waals surface area contributed by atoms with Gasteiger partial charge >= 0.3 is 11.8 Å². The van der Waals surface area contributed by atoms with E-state index < -0.39 is 11.8 Å². The number of benzene rings is 2. The number of nitrogens with one attached hydrogen (secondary N) is 3. The number of pyridine rings is 1. The zero-order chi connectivity index (χ0) is 22.1. The molecule has 1 aromatic heterocycles. The lowest BCUT2D eigenvalue weighted by Crippen LogP contribution is -2.35. The predicted octanol–water partition coefficient (Wildman–Crippen LogP) is 2.28. The zero-order valence-corrected chi connectivity index (χ0v) is 16.9. The number of nitrogens with zero attached hydrogens (tertiary/aromatic N) is 1. The van der Waals surface area contributed by atoms with Crippen LogP contribution in [-0.2, 0) is 22.7 Å². The monoisotopic (exact) mass is 418 g/mol. The molecule has 3 N–H and O–H groups in total. The molecular weight excluding hydrogens is 396 g/mol. The van der Waals surface area contributed by atoms with Crippen LogP contribution in [0.4, 0.5) is 5.69 Å². The highest BCUT2D eigenvalue weighted by atomic mass is 16.5. The minimum Gasteiger partial charge on any atom is -0.497 e. The summed E-state index contributed by atoms with van der Waals surface area (Å²) in [4.78, 5) is 41.0. The van der Waals surface area contributed by atoms with Gasteiger partial charge in [-0.2, -0.15) is 0 Å². The van der Waals surface area contributed by atoms with Gasteiger partial charge in [-0.3, -0.25) is 19.4 Å². The first-order valence-corrected chi connectivity index (χ1v) is 9.55. The van der Waals surface area contributed by atoms with Crippen molar-refractivity contribution in [2.24, 2.45) is 0 Å². The van der Waals surface area contributed by atoms with Gasteiger partial charge in [-0.1, -0.05) is 30.3 Å². The molecule has 0 fully saturated rings. The molecule has 0 aliphatic heterocycles.